The number of benzene rings is 1. The Labute approximate surface area is 121 Å². The van der Waals surface area contributed by atoms with Gasteiger partial charge in [0.2, 0.25) is 11.8 Å². The van der Waals surface area contributed by atoms with Crippen molar-refractivity contribution in [3.8, 4) is 5.75 Å². The number of rotatable bonds is 1. The van der Waals surface area contributed by atoms with Crippen LogP contribution in [0.25, 0.3) is 0 Å². The molecule has 0 atom stereocenters. The van der Waals surface area contributed by atoms with Crippen molar-refractivity contribution in [3.05, 3.63) is 17.7 Å². The lowest BCUT2D eigenvalue weighted by molar-refractivity contribution is -0.127. The number of nitrogen functional groups attached to an aromatic ring is 1. The summed E-state index contributed by atoms with van der Waals surface area (Å²) in [6, 6.07) is 3.38. The first-order valence-electron chi connectivity index (χ1n) is 6.95. The topological polar surface area (TPSA) is 55.6 Å². The van der Waals surface area contributed by atoms with Crippen molar-refractivity contribution in [2.75, 3.05) is 24.8 Å². The van der Waals surface area contributed by atoms with Crippen molar-refractivity contribution >= 4 is 17.3 Å². The minimum Gasteiger partial charge on any atom is -0.494 e. The van der Waals surface area contributed by atoms with E-state index in [4.69, 9.17) is 10.5 Å². The van der Waals surface area contributed by atoms with Crippen LogP contribution in [0.3, 0.4) is 0 Å². The summed E-state index contributed by atoms with van der Waals surface area (Å²) in [5.41, 5.74) is 6.86. The summed E-state index contributed by atoms with van der Waals surface area (Å²) < 4.78 is 32.3. The first kappa shape index (κ1) is 14.1. The first-order chi connectivity index (χ1) is 9.81. The molecule has 2 N–H and O–H groups in total. The van der Waals surface area contributed by atoms with E-state index in [-0.39, 0.29) is 31.6 Å². The zero-order chi connectivity index (χ0) is 15.4. The van der Waals surface area contributed by atoms with E-state index in [1.54, 1.807) is 19.2 Å². The van der Waals surface area contributed by atoms with E-state index < -0.39 is 11.3 Å². The SMILES string of the molecule is COc1cc(N)cc2c1N(C)C(=O)C21CCC(F)(F)CC1. The molecular weight excluding hydrogens is 278 g/mol. The second-order valence-corrected chi connectivity index (χ2v) is 5.92. The maximum absolute atomic E-state index is 13.5. The maximum Gasteiger partial charge on any atom is 0.248 e. The van der Waals surface area contributed by atoms with Gasteiger partial charge in [0.25, 0.3) is 0 Å². The van der Waals surface area contributed by atoms with Crippen molar-refractivity contribution in [1.29, 1.82) is 0 Å². The van der Waals surface area contributed by atoms with E-state index in [2.05, 4.69) is 0 Å². The van der Waals surface area contributed by atoms with Gasteiger partial charge in [-0.2, -0.15) is 0 Å². The predicted molar refractivity (Wildman–Crippen MR) is 75.9 cm³/mol. The quantitative estimate of drug-likeness (QED) is 0.811. The lowest BCUT2D eigenvalue weighted by atomic mass is 9.69. The van der Waals surface area contributed by atoms with Crippen molar-refractivity contribution < 1.29 is 18.3 Å². The van der Waals surface area contributed by atoms with E-state index >= 15 is 0 Å². The van der Waals surface area contributed by atoms with Crippen LogP contribution in [0.2, 0.25) is 0 Å². The van der Waals surface area contributed by atoms with Crippen LogP contribution in [0, 0.1) is 0 Å². The first-order valence-corrected chi connectivity index (χ1v) is 6.95. The van der Waals surface area contributed by atoms with E-state index in [0.717, 1.165) is 5.56 Å². The second-order valence-electron chi connectivity index (χ2n) is 5.92. The molecule has 114 valence electrons. The fourth-order valence-electron chi connectivity index (χ4n) is 3.56. The summed E-state index contributed by atoms with van der Waals surface area (Å²) in [6.45, 7) is 0. The molecule has 0 unspecified atom stereocenters. The van der Waals surface area contributed by atoms with Crippen LogP contribution in [0.5, 0.6) is 5.75 Å². The molecule has 21 heavy (non-hydrogen) atoms. The number of methoxy groups -OCH3 is 1. The average molecular weight is 296 g/mol. The normalized spacial score (nSPS) is 22.5. The van der Waals surface area contributed by atoms with E-state index in [9.17, 15) is 13.6 Å². The van der Waals surface area contributed by atoms with Gasteiger partial charge in [-0.15, -0.1) is 0 Å². The number of hydrogen-bond acceptors (Lipinski definition) is 3. The fraction of sp³-hybridized carbons (Fsp3) is 0.533. The third-order valence-corrected chi connectivity index (χ3v) is 4.72. The molecule has 6 heteroatoms. The highest BCUT2D eigenvalue weighted by Gasteiger charge is 2.55. The summed E-state index contributed by atoms with van der Waals surface area (Å²) in [5.74, 6) is -2.32. The number of nitrogens with zero attached hydrogens (tertiary/aromatic N) is 1. The number of hydrogen-bond donors (Lipinski definition) is 1. The monoisotopic (exact) mass is 296 g/mol. The zero-order valence-electron chi connectivity index (χ0n) is 12.1. The highest BCUT2D eigenvalue weighted by molar-refractivity contribution is 6.09. The summed E-state index contributed by atoms with van der Waals surface area (Å²) in [5, 5.41) is 0. The number of ether oxygens (including phenoxy) is 1. The highest BCUT2D eigenvalue weighted by Crippen LogP contribution is 2.55. The van der Waals surface area contributed by atoms with Gasteiger partial charge in [-0.3, -0.25) is 4.79 Å². The van der Waals surface area contributed by atoms with Gasteiger partial charge in [-0.1, -0.05) is 0 Å². The predicted octanol–water partition coefficient (Wildman–Crippen LogP) is 2.70. The van der Waals surface area contributed by atoms with Crippen LogP contribution in [0.4, 0.5) is 20.2 Å². The average Bonchev–Trinajstić information content (AvgIpc) is 2.64. The number of halogens is 2. The van der Waals surface area contributed by atoms with Crippen LogP contribution in [0.1, 0.15) is 31.2 Å². The summed E-state index contributed by atoms with van der Waals surface area (Å²) >= 11 is 0. The van der Waals surface area contributed by atoms with Crippen LogP contribution < -0.4 is 15.4 Å². The van der Waals surface area contributed by atoms with Gasteiger partial charge in [-0.25, -0.2) is 8.78 Å². The molecule has 3 rings (SSSR count). The van der Waals surface area contributed by atoms with Crippen molar-refractivity contribution in [2.24, 2.45) is 0 Å². The van der Waals surface area contributed by atoms with E-state index in [1.807, 2.05) is 0 Å². The molecule has 1 fully saturated rings. The summed E-state index contributed by atoms with van der Waals surface area (Å²) in [7, 11) is 3.16. The molecule has 1 aliphatic heterocycles. The van der Waals surface area contributed by atoms with Crippen LogP contribution in [-0.4, -0.2) is 26.0 Å². The van der Waals surface area contributed by atoms with Crippen LogP contribution in [-0.2, 0) is 10.2 Å². The minimum absolute atomic E-state index is 0.142. The molecule has 0 saturated heterocycles. The zero-order valence-corrected chi connectivity index (χ0v) is 12.1. The molecule has 1 amide bonds. The Morgan fingerprint density at radius 2 is 1.86 bits per heavy atom. The molecule has 0 bridgehead atoms. The molecule has 0 aromatic heterocycles. The van der Waals surface area contributed by atoms with Gasteiger partial charge >= 0.3 is 0 Å². The molecule has 4 nitrogen and oxygen atoms in total. The van der Waals surface area contributed by atoms with Gasteiger partial charge in [0, 0.05) is 31.6 Å². The van der Waals surface area contributed by atoms with Crippen molar-refractivity contribution in [3.63, 3.8) is 0 Å². The molecule has 1 spiro atoms. The standard InChI is InChI=1S/C15H18F2N2O2/c1-19-12-10(7-9(18)8-11(12)21-2)14(13(19)20)3-5-15(16,17)6-4-14/h7-8H,3-6,18H2,1-2H3. The minimum atomic E-state index is -2.68. The fourth-order valence-corrected chi connectivity index (χ4v) is 3.56. The number of anilines is 2. The molecule has 1 aromatic carbocycles. The largest absolute Gasteiger partial charge is 0.494 e. The number of nitrogens with two attached hydrogens (primary N) is 1. The number of alkyl halides is 2. The van der Waals surface area contributed by atoms with Gasteiger partial charge in [0.1, 0.15) is 5.75 Å². The Kier molecular flexibility index (Phi) is 2.90. The van der Waals surface area contributed by atoms with E-state index in [0.29, 0.717) is 17.1 Å². The van der Waals surface area contributed by atoms with E-state index in [1.165, 1.54) is 12.0 Å². The van der Waals surface area contributed by atoms with Crippen molar-refractivity contribution in [1.82, 2.24) is 0 Å². The van der Waals surface area contributed by atoms with Crippen molar-refractivity contribution in [2.45, 2.75) is 37.0 Å². The lowest BCUT2D eigenvalue weighted by Crippen LogP contribution is -2.44. The number of fused-ring (bicyclic) bond motifs is 2. The van der Waals surface area contributed by atoms with Crippen LogP contribution in [0.15, 0.2) is 12.1 Å². The molecule has 1 heterocycles. The summed E-state index contributed by atoms with van der Waals surface area (Å²) in [6.07, 6.45) is -0.266. The van der Waals surface area contributed by atoms with Crippen LogP contribution >= 0.6 is 0 Å². The Balaban J connectivity index is 2.15. The maximum atomic E-state index is 13.5. The summed E-state index contributed by atoms with van der Waals surface area (Å²) in [4.78, 5) is 14.2. The van der Waals surface area contributed by atoms with Gasteiger partial charge in [0.05, 0.1) is 18.2 Å². The third kappa shape index (κ3) is 1.88. The van der Waals surface area contributed by atoms with Gasteiger partial charge in [-0.05, 0) is 24.5 Å². The molecule has 2 aliphatic rings. The Morgan fingerprint density at radius 3 is 2.43 bits per heavy atom. The lowest BCUT2D eigenvalue weighted by Gasteiger charge is -2.36. The number of carbonyl (C=O) groups is 1. The number of likely N-dealkylation sites (N-methyl/N-ethyl adjacent to an activating group) is 1. The van der Waals surface area contributed by atoms with Gasteiger partial charge in [0.15, 0.2) is 0 Å². The molecule has 1 aliphatic carbocycles. The third-order valence-electron chi connectivity index (χ3n) is 4.72. The van der Waals surface area contributed by atoms with Gasteiger partial charge < -0.3 is 15.4 Å². The Hall–Kier alpha value is -1.85. The molecule has 1 aromatic rings. The second kappa shape index (κ2) is 4.32. The number of carbonyl (C=O) groups excluding carboxylic acids is 1. The molecular formula is C15H18F2N2O2. The Morgan fingerprint density at radius 1 is 1.24 bits per heavy atom. The smallest absolute Gasteiger partial charge is 0.248 e. The highest BCUT2D eigenvalue weighted by atomic mass is 19.3. The molecule has 1 saturated carbocycles. The number of amides is 1. The molecule has 0 radical (unpaired) electrons. The Bertz CT molecular complexity index is 606.